The van der Waals surface area contributed by atoms with Crippen LogP contribution in [0.15, 0.2) is 11.1 Å². The maximum absolute atomic E-state index is 14.0. The number of urea groups is 1. The summed E-state index contributed by atoms with van der Waals surface area (Å²) in [5.74, 6) is 2.22. The number of ketones is 1. The first-order chi connectivity index (χ1) is 21.7. The predicted molar refractivity (Wildman–Crippen MR) is 187 cm³/mol. The van der Waals surface area contributed by atoms with Gasteiger partial charge in [-0.2, -0.15) is 0 Å². The summed E-state index contributed by atoms with van der Waals surface area (Å²) in [6.07, 6.45) is 9.59. The summed E-state index contributed by atoms with van der Waals surface area (Å²) in [5, 5.41) is 3.65. The van der Waals surface area contributed by atoms with Gasteiger partial charge in [0.1, 0.15) is 5.60 Å². The van der Waals surface area contributed by atoms with Crippen LogP contribution in [0.3, 0.4) is 0 Å². The summed E-state index contributed by atoms with van der Waals surface area (Å²) in [5.41, 5.74) is 2.69. The molecular formula is C40H65N3O4. The average Bonchev–Trinajstić information content (AvgIpc) is 3.24. The first-order valence-corrected chi connectivity index (χ1v) is 19.0. The first-order valence-electron chi connectivity index (χ1n) is 19.0. The standard InChI is InChI=1S/C40H65N3O4/c1-25(2)31-27(44)24-37(8)18-19-38(9)26(32(31)37)12-13-29-39(38,10)17-14-28-36(6,7)16-15-30(40(28,29)11)41-33(45)42-20-22-43(23-21-42)34(46)47-35(3,4)5/h25-26,28-30H,12-24H2,1-11H3,(H,41,45)/t26-,28+,29+,30?,37+,38-,39-,40+/m1/s1. The van der Waals surface area contributed by atoms with Gasteiger partial charge >= 0.3 is 12.1 Å². The maximum Gasteiger partial charge on any atom is 0.410 e. The number of fused-ring (bicyclic) bond motifs is 7. The Bertz CT molecular complexity index is 1340. The lowest BCUT2D eigenvalue weighted by atomic mass is 9.32. The number of nitrogens with one attached hydrogen (secondary N) is 1. The molecule has 6 rings (SSSR count). The molecule has 1 unspecified atom stereocenters. The van der Waals surface area contributed by atoms with E-state index in [9.17, 15) is 14.4 Å². The van der Waals surface area contributed by atoms with Crippen LogP contribution in [-0.4, -0.2) is 65.5 Å². The predicted octanol–water partition coefficient (Wildman–Crippen LogP) is 8.62. The van der Waals surface area contributed by atoms with Crippen molar-refractivity contribution in [3.63, 3.8) is 0 Å². The second-order valence-electron chi connectivity index (χ2n) is 19.6. The number of allylic oxidation sites excluding steroid dienone is 2. The minimum atomic E-state index is -0.531. The van der Waals surface area contributed by atoms with Gasteiger partial charge < -0.3 is 19.9 Å². The number of rotatable bonds is 2. The van der Waals surface area contributed by atoms with Crippen LogP contribution in [-0.2, 0) is 9.53 Å². The van der Waals surface area contributed by atoms with E-state index in [-0.39, 0.29) is 51.2 Å². The zero-order valence-corrected chi connectivity index (χ0v) is 31.6. The molecule has 3 amide bonds. The van der Waals surface area contributed by atoms with Crippen molar-refractivity contribution in [2.24, 2.45) is 50.7 Å². The molecule has 0 aromatic heterocycles. The summed E-state index contributed by atoms with van der Waals surface area (Å²) in [6, 6.07) is 0.143. The number of nitrogens with zero attached hydrogens (tertiary/aromatic N) is 2. The topological polar surface area (TPSA) is 79.0 Å². The lowest BCUT2D eigenvalue weighted by Gasteiger charge is -2.72. The molecule has 0 spiro atoms. The van der Waals surface area contributed by atoms with Gasteiger partial charge in [-0.15, -0.1) is 0 Å². The number of hydrogen-bond acceptors (Lipinski definition) is 4. The summed E-state index contributed by atoms with van der Waals surface area (Å²) < 4.78 is 5.59. The monoisotopic (exact) mass is 651 g/mol. The van der Waals surface area contributed by atoms with Crippen LogP contribution in [0.5, 0.6) is 0 Å². The molecule has 0 bridgehead atoms. The second kappa shape index (κ2) is 11.2. The summed E-state index contributed by atoms with van der Waals surface area (Å²) >= 11 is 0. The molecule has 47 heavy (non-hydrogen) atoms. The molecule has 6 aliphatic rings. The van der Waals surface area contributed by atoms with Crippen LogP contribution < -0.4 is 5.32 Å². The Morgan fingerprint density at radius 1 is 0.809 bits per heavy atom. The normalized spacial score (nSPS) is 41.6. The van der Waals surface area contributed by atoms with E-state index in [1.54, 1.807) is 4.90 Å². The minimum Gasteiger partial charge on any atom is -0.444 e. The SMILES string of the molecule is CC(C)C1=C2[C@H]3CC[C@@H]4[C@@]5(C)C(NC(=O)N6CCN(C(=O)OC(C)(C)C)CC6)CCC(C)(C)[C@@H]5CC[C@@]4(C)[C@]3(C)CC[C@@]2(C)CC1=O. The number of carbonyl (C=O) groups excluding carboxylic acids is 3. The molecule has 264 valence electrons. The van der Waals surface area contributed by atoms with Crippen molar-refractivity contribution < 1.29 is 19.1 Å². The van der Waals surface area contributed by atoms with Gasteiger partial charge in [0.25, 0.3) is 0 Å². The highest BCUT2D eigenvalue weighted by Gasteiger charge is 2.70. The fraction of sp³-hybridized carbons (Fsp3) is 0.875. The van der Waals surface area contributed by atoms with Crippen molar-refractivity contribution in [2.45, 2.75) is 146 Å². The van der Waals surface area contributed by atoms with E-state index >= 15 is 0 Å². The van der Waals surface area contributed by atoms with Crippen molar-refractivity contribution in [1.82, 2.24) is 15.1 Å². The molecule has 1 saturated heterocycles. The Morgan fingerprint density at radius 2 is 1.45 bits per heavy atom. The smallest absolute Gasteiger partial charge is 0.410 e. The van der Waals surface area contributed by atoms with E-state index in [1.807, 2.05) is 25.7 Å². The molecule has 0 aromatic rings. The average molecular weight is 652 g/mol. The van der Waals surface area contributed by atoms with Crippen molar-refractivity contribution in [1.29, 1.82) is 0 Å². The van der Waals surface area contributed by atoms with Gasteiger partial charge in [-0.3, -0.25) is 4.79 Å². The van der Waals surface area contributed by atoms with E-state index in [0.717, 1.165) is 25.7 Å². The Morgan fingerprint density at radius 3 is 2.06 bits per heavy atom. The fourth-order valence-electron chi connectivity index (χ4n) is 12.8. The van der Waals surface area contributed by atoms with Crippen molar-refractivity contribution in [3.8, 4) is 0 Å². The fourth-order valence-corrected chi connectivity index (χ4v) is 12.8. The molecule has 7 nitrogen and oxygen atoms in total. The molecule has 8 atom stereocenters. The van der Waals surface area contributed by atoms with Gasteiger partial charge in [0.15, 0.2) is 5.78 Å². The second-order valence-corrected chi connectivity index (χ2v) is 19.6. The molecule has 7 heteroatoms. The van der Waals surface area contributed by atoms with Gasteiger partial charge in [-0.05, 0) is 128 Å². The van der Waals surface area contributed by atoms with E-state index in [2.05, 4.69) is 60.7 Å². The Balaban J connectivity index is 1.27. The summed E-state index contributed by atoms with van der Waals surface area (Å²) in [6.45, 7) is 27.3. The Labute approximate surface area is 285 Å². The zero-order valence-electron chi connectivity index (χ0n) is 31.6. The molecule has 0 aromatic carbocycles. The number of Topliss-reactive ketones (excluding diaryl/α,β-unsaturated/α-hetero) is 1. The van der Waals surface area contributed by atoms with Crippen molar-refractivity contribution >= 4 is 17.9 Å². The number of ether oxygens (including phenoxy) is 1. The lowest BCUT2D eigenvalue weighted by molar-refractivity contribution is -0.219. The molecule has 5 aliphatic carbocycles. The molecule has 1 N–H and O–H groups in total. The number of amides is 3. The van der Waals surface area contributed by atoms with Gasteiger partial charge in [-0.25, -0.2) is 9.59 Å². The highest BCUT2D eigenvalue weighted by molar-refractivity contribution is 6.00. The quantitative estimate of drug-likeness (QED) is 0.324. The van der Waals surface area contributed by atoms with E-state index in [0.29, 0.717) is 56.1 Å². The van der Waals surface area contributed by atoms with Gasteiger partial charge in [-0.1, -0.05) is 61.0 Å². The van der Waals surface area contributed by atoms with E-state index < -0.39 is 5.60 Å². The molecule has 4 saturated carbocycles. The maximum atomic E-state index is 14.0. The highest BCUT2D eigenvalue weighted by Crippen LogP contribution is 2.76. The Kier molecular flexibility index (Phi) is 8.32. The lowest BCUT2D eigenvalue weighted by Crippen LogP contribution is -2.70. The molecular weight excluding hydrogens is 586 g/mol. The number of carbonyl (C=O) groups is 3. The van der Waals surface area contributed by atoms with E-state index in [4.69, 9.17) is 4.74 Å². The molecule has 1 heterocycles. The van der Waals surface area contributed by atoms with Crippen LogP contribution in [0.1, 0.15) is 134 Å². The van der Waals surface area contributed by atoms with Crippen LogP contribution in [0.25, 0.3) is 0 Å². The largest absolute Gasteiger partial charge is 0.444 e. The molecule has 5 fully saturated rings. The van der Waals surface area contributed by atoms with Crippen LogP contribution in [0.4, 0.5) is 9.59 Å². The van der Waals surface area contributed by atoms with Gasteiger partial charge in [0, 0.05) is 38.6 Å². The van der Waals surface area contributed by atoms with Crippen LogP contribution >= 0.6 is 0 Å². The third-order valence-corrected chi connectivity index (χ3v) is 15.2. The van der Waals surface area contributed by atoms with Crippen LogP contribution in [0, 0.1) is 50.7 Å². The highest BCUT2D eigenvalue weighted by atomic mass is 16.6. The Hall–Kier alpha value is -2.05. The third-order valence-electron chi connectivity index (χ3n) is 15.2. The molecule has 1 aliphatic heterocycles. The van der Waals surface area contributed by atoms with Gasteiger partial charge in [0.2, 0.25) is 0 Å². The zero-order chi connectivity index (χ0) is 34.5. The van der Waals surface area contributed by atoms with Crippen LogP contribution in [0.2, 0.25) is 0 Å². The van der Waals surface area contributed by atoms with E-state index in [1.165, 1.54) is 36.8 Å². The minimum absolute atomic E-state index is 0.0156. The summed E-state index contributed by atoms with van der Waals surface area (Å²) in [7, 11) is 0. The van der Waals surface area contributed by atoms with Gasteiger partial charge in [0.05, 0.1) is 0 Å². The number of piperazine rings is 1. The third kappa shape index (κ3) is 5.29. The first kappa shape index (κ1) is 34.8. The summed E-state index contributed by atoms with van der Waals surface area (Å²) in [4.78, 5) is 43.8. The molecule has 0 radical (unpaired) electrons. The number of hydrogen-bond donors (Lipinski definition) is 1. The van der Waals surface area contributed by atoms with Crippen molar-refractivity contribution in [3.05, 3.63) is 11.1 Å². The van der Waals surface area contributed by atoms with Crippen molar-refractivity contribution in [2.75, 3.05) is 26.2 Å².